The highest BCUT2D eigenvalue weighted by atomic mass is 127. The van der Waals surface area contributed by atoms with E-state index in [9.17, 15) is 0 Å². The summed E-state index contributed by atoms with van der Waals surface area (Å²) in [7, 11) is 1.95. The van der Waals surface area contributed by atoms with Gasteiger partial charge in [-0.3, -0.25) is 0 Å². The zero-order chi connectivity index (χ0) is 9.14. The largest absolute Gasteiger partial charge is 0.316 e. The van der Waals surface area contributed by atoms with Crippen molar-refractivity contribution in [1.82, 2.24) is 14.8 Å². The first-order valence-electron chi connectivity index (χ1n) is 3.78. The van der Waals surface area contributed by atoms with E-state index in [1.165, 1.54) is 0 Å². The average Bonchev–Trinajstić information content (AvgIpc) is 2.45. The van der Waals surface area contributed by atoms with Crippen molar-refractivity contribution in [2.24, 2.45) is 7.05 Å². The fraction of sp³-hybridized carbons (Fsp3) is 0.714. The molecule has 0 aliphatic heterocycles. The van der Waals surface area contributed by atoms with Crippen molar-refractivity contribution in [2.75, 3.05) is 0 Å². The van der Waals surface area contributed by atoms with Crippen molar-refractivity contribution in [3.63, 3.8) is 0 Å². The first-order valence-corrected chi connectivity index (χ1v) is 5.56. The van der Waals surface area contributed by atoms with Crippen molar-refractivity contribution in [3.8, 4) is 0 Å². The number of nitrogens with zero attached hydrogens (tertiary/aromatic N) is 3. The Labute approximate surface area is 90.6 Å². The summed E-state index contributed by atoms with van der Waals surface area (Å²) in [6, 6.07) is 0. The SMILES string of the molecule is CCC(I)c1nnc(CCl)n1C. The van der Waals surface area contributed by atoms with Crippen LogP contribution in [0.25, 0.3) is 0 Å². The standard InChI is InChI=1S/C7H11ClIN3/c1-3-5(9)7-11-10-6(4-8)12(7)2/h5H,3-4H2,1-2H3. The van der Waals surface area contributed by atoms with Gasteiger partial charge in [-0.1, -0.05) is 29.5 Å². The van der Waals surface area contributed by atoms with Crippen molar-refractivity contribution < 1.29 is 0 Å². The Balaban J connectivity index is 2.93. The predicted octanol–water partition coefficient (Wildman–Crippen LogP) is 2.44. The molecule has 0 N–H and O–H groups in total. The Morgan fingerprint density at radius 3 is 2.67 bits per heavy atom. The van der Waals surface area contributed by atoms with Crippen LogP contribution in [0.5, 0.6) is 0 Å². The first kappa shape index (κ1) is 10.2. The number of hydrogen-bond donors (Lipinski definition) is 0. The van der Waals surface area contributed by atoms with Crippen LogP contribution in [0.15, 0.2) is 0 Å². The smallest absolute Gasteiger partial charge is 0.147 e. The molecule has 0 aromatic carbocycles. The van der Waals surface area contributed by atoms with Gasteiger partial charge in [0, 0.05) is 7.05 Å². The Kier molecular flexibility index (Phi) is 3.77. The summed E-state index contributed by atoms with van der Waals surface area (Å²) in [5.41, 5.74) is 0. The molecule has 1 heterocycles. The maximum atomic E-state index is 5.67. The molecule has 0 saturated carbocycles. The van der Waals surface area contributed by atoms with E-state index in [4.69, 9.17) is 11.6 Å². The molecule has 5 heteroatoms. The van der Waals surface area contributed by atoms with Crippen LogP contribution in [0, 0.1) is 0 Å². The topological polar surface area (TPSA) is 30.7 Å². The van der Waals surface area contributed by atoms with Gasteiger partial charge in [0.1, 0.15) is 11.6 Å². The first-order chi connectivity index (χ1) is 5.70. The minimum atomic E-state index is 0.427. The molecule has 0 amide bonds. The van der Waals surface area contributed by atoms with Crippen LogP contribution in [0.3, 0.4) is 0 Å². The lowest BCUT2D eigenvalue weighted by Crippen LogP contribution is -2.02. The third-order valence-corrected chi connectivity index (χ3v) is 3.43. The Morgan fingerprint density at radius 1 is 1.58 bits per heavy atom. The summed E-state index contributed by atoms with van der Waals surface area (Å²) < 4.78 is 2.39. The van der Waals surface area contributed by atoms with E-state index in [2.05, 4.69) is 39.7 Å². The monoisotopic (exact) mass is 299 g/mol. The third-order valence-electron chi connectivity index (χ3n) is 1.76. The van der Waals surface area contributed by atoms with Crippen LogP contribution in [0.4, 0.5) is 0 Å². The number of halogens is 2. The Hall–Kier alpha value is 0.160. The van der Waals surface area contributed by atoms with Gasteiger partial charge in [-0.15, -0.1) is 21.8 Å². The molecule has 0 aliphatic carbocycles. The van der Waals surface area contributed by atoms with Gasteiger partial charge in [0.2, 0.25) is 0 Å². The number of alkyl halides is 2. The summed E-state index contributed by atoms with van der Waals surface area (Å²) in [6.45, 7) is 2.13. The maximum absolute atomic E-state index is 5.67. The summed E-state index contributed by atoms with van der Waals surface area (Å²) >= 11 is 8.03. The van der Waals surface area contributed by atoms with E-state index in [-0.39, 0.29) is 0 Å². The zero-order valence-corrected chi connectivity index (χ0v) is 10.0. The summed E-state index contributed by atoms with van der Waals surface area (Å²) in [5, 5.41) is 8.06. The molecule has 0 saturated heterocycles. The molecular weight excluding hydrogens is 288 g/mol. The molecule has 1 atom stereocenters. The molecular formula is C7H11ClIN3. The zero-order valence-electron chi connectivity index (χ0n) is 7.09. The van der Waals surface area contributed by atoms with Crippen LogP contribution in [0.1, 0.15) is 28.9 Å². The summed E-state index contributed by atoms with van der Waals surface area (Å²) in [4.78, 5) is 0. The fourth-order valence-corrected chi connectivity index (χ4v) is 1.72. The maximum Gasteiger partial charge on any atom is 0.147 e. The number of aromatic nitrogens is 3. The van der Waals surface area contributed by atoms with Gasteiger partial charge in [-0.25, -0.2) is 0 Å². The van der Waals surface area contributed by atoms with E-state index in [0.717, 1.165) is 18.1 Å². The van der Waals surface area contributed by atoms with Gasteiger partial charge in [0.05, 0.1) is 9.80 Å². The van der Waals surface area contributed by atoms with E-state index >= 15 is 0 Å². The van der Waals surface area contributed by atoms with Gasteiger partial charge < -0.3 is 4.57 Å². The highest BCUT2D eigenvalue weighted by Crippen LogP contribution is 2.24. The lowest BCUT2D eigenvalue weighted by Gasteiger charge is -2.05. The van der Waals surface area contributed by atoms with Crippen LogP contribution in [0.2, 0.25) is 0 Å². The van der Waals surface area contributed by atoms with Gasteiger partial charge in [0.25, 0.3) is 0 Å². The predicted molar refractivity (Wildman–Crippen MR) is 57.6 cm³/mol. The molecule has 0 aliphatic rings. The van der Waals surface area contributed by atoms with Crippen LogP contribution < -0.4 is 0 Å². The van der Waals surface area contributed by atoms with Gasteiger partial charge in [-0.05, 0) is 6.42 Å². The molecule has 1 aromatic rings. The lowest BCUT2D eigenvalue weighted by molar-refractivity contribution is 0.745. The van der Waals surface area contributed by atoms with Crippen molar-refractivity contribution in [1.29, 1.82) is 0 Å². The molecule has 68 valence electrons. The normalized spacial score (nSPS) is 13.3. The minimum absolute atomic E-state index is 0.427. The van der Waals surface area contributed by atoms with Crippen LogP contribution in [-0.4, -0.2) is 14.8 Å². The van der Waals surface area contributed by atoms with Gasteiger partial charge in [0.15, 0.2) is 0 Å². The second kappa shape index (κ2) is 4.41. The van der Waals surface area contributed by atoms with Crippen molar-refractivity contribution >= 4 is 34.2 Å². The van der Waals surface area contributed by atoms with Crippen LogP contribution in [-0.2, 0) is 12.9 Å². The molecule has 0 radical (unpaired) electrons. The molecule has 0 spiro atoms. The molecule has 1 unspecified atom stereocenters. The van der Waals surface area contributed by atoms with E-state index in [0.29, 0.717) is 9.80 Å². The molecule has 1 rings (SSSR count). The quantitative estimate of drug-likeness (QED) is 0.634. The Morgan fingerprint density at radius 2 is 2.25 bits per heavy atom. The fourth-order valence-electron chi connectivity index (χ4n) is 0.947. The van der Waals surface area contributed by atoms with Gasteiger partial charge in [-0.2, -0.15) is 0 Å². The van der Waals surface area contributed by atoms with Crippen molar-refractivity contribution in [3.05, 3.63) is 11.6 Å². The Bertz CT molecular complexity index is 261. The number of hydrogen-bond acceptors (Lipinski definition) is 2. The molecule has 0 fully saturated rings. The van der Waals surface area contributed by atoms with Crippen LogP contribution >= 0.6 is 34.2 Å². The number of rotatable bonds is 3. The molecule has 0 bridgehead atoms. The van der Waals surface area contributed by atoms with Gasteiger partial charge >= 0.3 is 0 Å². The summed E-state index contributed by atoms with van der Waals surface area (Å²) in [6.07, 6.45) is 1.06. The lowest BCUT2D eigenvalue weighted by atomic mass is 10.3. The van der Waals surface area contributed by atoms with E-state index < -0.39 is 0 Å². The highest BCUT2D eigenvalue weighted by Gasteiger charge is 2.13. The second-order valence-electron chi connectivity index (χ2n) is 2.54. The third kappa shape index (κ3) is 1.90. The molecule has 1 aromatic heterocycles. The highest BCUT2D eigenvalue weighted by molar-refractivity contribution is 14.1. The minimum Gasteiger partial charge on any atom is -0.316 e. The summed E-state index contributed by atoms with van der Waals surface area (Å²) in [5.74, 6) is 2.27. The average molecular weight is 300 g/mol. The van der Waals surface area contributed by atoms with E-state index in [1.807, 2.05) is 11.6 Å². The van der Waals surface area contributed by atoms with Crippen molar-refractivity contribution in [2.45, 2.75) is 23.1 Å². The molecule has 3 nitrogen and oxygen atoms in total. The molecule has 12 heavy (non-hydrogen) atoms. The second-order valence-corrected chi connectivity index (χ2v) is 4.31. The van der Waals surface area contributed by atoms with E-state index in [1.54, 1.807) is 0 Å².